The molecule has 0 aliphatic heterocycles. The minimum atomic E-state index is -0.330. The molecule has 0 fully saturated rings. The van der Waals surface area contributed by atoms with Crippen LogP contribution >= 0.6 is 12.2 Å². The third kappa shape index (κ3) is 1.69. The molecule has 0 unspecified atom stereocenters. The molecular formula is C11H10FN3S. The fraction of sp³-hybridized carbons (Fsp3) is 0.0909. The highest BCUT2D eigenvalue weighted by molar-refractivity contribution is 7.80. The second kappa shape index (κ2) is 4.02. The van der Waals surface area contributed by atoms with E-state index in [0.717, 1.165) is 5.69 Å². The molecule has 1 heterocycles. The molecule has 1 aromatic heterocycles. The summed E-state index contributed by atoms with van der Waals surface area (Å²) in [5.74, 6) is -0.330. The molecule has 0 bridgehead atoms. The molecule has 0 radical (unpaired) electrons. The Labute approximate surface area is 97.7 Å². The molecule has 3 nitrogen and oxygen atoms in total. The minimum absolute atomic E-state index is 0.264. The van der Waals surface area contributed by atoms with Crippen LogP contribution in [-0.2, 0) is 0 Å². The number of nitrogens with two attached hydrogens (primary N) is 1. The van der Waals surface area contributed by atoms with E-state index < -0.39 is 0 Å². The first-order valence-electron chi connectivity index (χ1n) is 4.70. The number of benzene rings is 1. The summed E-state index contributed by atoms with van der Waals surface area (Å²) in [5, 5.41) is 4.08. The van der Waals surface area contributed by atoms with E-state index >= 15 is 0 Å². The summed E-state index contributed by atoms with van der Waals surface area (Å²) in [6.07, 6.45) is 1.55. The lowest BCUT2D eigenvalue weighted by molar-refractivity contribution is 0.608. The normalized spacial score (nSPS) is 10.4. The van der Waals surface area contributed by atoms with Crippen LogP contribution in [0.3, 0.4) is 0 Å². The molecular weight excluding hydrogens is 225 g/mol. The summed E-state index contributed by atoms with van der Waals surface area (Å²) < 4.78 is 15.0. The van der Waals surface area contributed by atoms with E-state index in [0.29, 0.717) is 11.3 Å². The summed E-state index contributed by atoms with van der Waals surface area (Å²) in [6, 6.07) is 6.42. The van der Waals surface area contributed by atoms with Gasteiger partial charge in [0.2, 0.25) is 0 Å². The summed E-state index contributed by atoms with van der Waals surface area (Å²) in [5.41, 5.74) is 7.32. The van der Waals surface area contributed by atoms with E-state index in [1.54, 1.807) is 31.3 Å². The summed E-state index contributed by atoms with van der Waals surface area (Å²) >= 11 is 4.88. The van der Waals surface area contributed by atoms with Gasteiger partial charge in [-0.2, -0.15) is 5.10 Å². The molecule has 1 aromatic carbocycles. The Kier molecular flexibility index (Phi) is 2.70. The van der Waals surface area contributed by atoms with Gasteiger partial charge in [-0.25, -0.2) is 9.07 Å². The zero-order valence-corrected chi connectivity index (χ0v) is 9.46. The zero-order chi connectivity index (χ0) is 11.7. The first kappa shape index (κ1) is 10.8. The first-order valence-corrected chi connectivity index (χ1v) is 5.11. The molecule has 2 N–H and O–H groups in total. The number of halogens is 1. The van der Waals surface area contributed by atoms with Gasteiger partial charge in [0.1, 0.15) is 16.5 Å². The highest BCUT2D eigenvalue weighted by Crippen LogP contribution is 2.16. The molecule has 5 heteroatoms. The third-order valence-electron chi connectivity index (χ3n) is 2.36. The monoisotopic (exact) mass is 235 g/mol. The van der Waals surface area contributed by atoms with Crippen molar-refractivity contribution in [2.24, 2.45) is 5.73 Å². The lowest BCUT2D eigenvalue weighted by atomic mass is 10.2. The van der Waals surface area contributed by atoms with Crippen molar-refractivity contribution >= 4 is 17.2 Å². The van der Waals surface area contributed by atoms with Gasteiger partial charge in [0.05, 0.1) is 17.5 Å². The van der Waals surface area contributed by atoms with E-state index in [4.69, 9.17) is 18.0 Å². The first-order chi connectivity index (χ1) is 7.61. The minimum Gasteiger partial charge on any atom is -0.389 e. The molecule has 82 valence electrons. The Bertz CT molecular complexity index is 548. The van der Waals surface area contributed by atoms with Crippen LogP contribution in [0.4, 0.5) is 4.39 Å². The number of rotatable bonds is 2. The van der Waals surface area contributed by atoms with E-state index in [9.17, 15) is 4.39 Å². The van der Waals surface area contributed by atoms with Crippen molar-refractivity contribution < 1.29 is 4.39 Å². The molecule has 0 aliphatic rings. The highest BCUT2D eigenvalue weighted by atomic mass is 32.1. The average molecular weight is 235 g/mol. The maximum atomic E-state index is 13.5. The number of aromatic nitrogens is 2. The van der Waals surface area contributed by atoms with Crippen molar-refractivity contribution in [3.05, 3.63) is 47.5 Å². The molecule has 0 saturated heterocycles. The van der Waals surface area contributed by atoms with Crippen LogP contribution in [-0.4, -0.2) is 14.8 Å². The predicted molar refractivity (Wildman–Crippen MR) is 64.1 cm³/mol. The fourth-order valence-corrected chi connectivity index (χ4v) is 1.72. The molecule has 0 atom stereocenters. The second-order valence-electron chi connectivity index (χ2n) is 3.37. The molecule has 16 heavy (non-hydrogen) atoms. The molecule has 2 aromatic rings. The largest absolute Gasteiger partial charge is 0.389 e. The SMILES string of the molecule is Cc1c(C(N)=S)cnn1-c1ccccc1F. The van der Waals surface area contributed by atoms with E-state index in [1.165, 1.54) is 10.7 Å². The lowest BCUT2D eigenvalue weighted by Crippen LogP contribution is -2.11. The number of thiocarbonyl (C=S) groups is 1. The van der Waals surface area contributed by atoms with Crippen LogP contribution in [0.25, 0.3) is 5.69 Å². The number of hydrogen-bond acceptors (Lipinski definition) is 2. The van der Waals surface area contributed by atoms with E-state index in [2.05, 4.69) is 5.10 Å². The topological polar surface area (TPSA) is 43.8 Å². The van der Waals surface area contributed by atoms with Crippen molar-refractivity contribution in [3.8, 4) is 5.69 Å². The molecule has 0 saturated carbocycles. The molecule has 0 amide bonds. The lowest BCUT2D eigenvalue weighted by Gasteiger charge is -2.05. The van der Waals surface area contributed by atoms with Crippen molar-refractivity contribution in [2.45, 2.75) is 6.92 Å². The maximum Gasteiger partial charge on any atom is 0.148 e. The van der Waals surface area contributed by atoms with Gasteiger partial charge in [-0.15, -0.1) is 0 Å². The Morgan fingerprint density at radius 3 is 2.69 bits per heavy atom. The van der Waals surface area contributed by atoms with Gasteiger partial charge < -0.3 is 5.73 Å². The summed E-state index contributed by atoms with van der Waals surface area (Å²) in [4.78, 5) is 0.264. The van der Waals surface area contributed by atoms with Gasteiger partial charge in [-0.05, 0) is 19.1 Å². The second-order valence-corrected chi connectivity index (χ2v) is 3.81. The number of hydrogen-bond donors (Lipinski definition) is 1. The van der Waals surface area contributed by atoms with Crippen LogP contribution < -0.4 is 5.73 Å². The predicted octanol–water partition coefficient (Wildman–Crippen LogP) is 1.95. The van der Waals surface area contributed by atoms with Gasteiger partial charge in [-0.3, -0.25) is 0 Å². The van der Waals surface area contributed by atoms with E-state index in [-0.39, 0.29) is 10.8 Å². The third-order valence-corrected chi connectivity index (χ3v) is 2.58. The zero-order valence-electron chi connectivity index (χ0n) is 8.64. The van der Waals surface area contributed by atoms with Crippen molar-refractivity contribution in [3.63, 3.8) is 0 Å². The van der Waals surface area contributed by atoms with Crippen molar-refractivity contribution in [1.82, 2.24) is 9.78 Å². The van der Waals surface area contributed by atoms with Crippen LogP contribution in [0.2, 0.25) is 0 Å². The van der Waals surface area contributed by atoms with E-state index in [1.807, 2.05) is 0 Å². The van der Waals surface area contributed by atoms with Gasteiger partial charge in [0.25, 0.3) is 0 Å². The molecule has 0 spiro atoms. The van der Waals surface area contributed by atoms with Gasteiger partial charge in [0.15, 0.2) is 0 Å². The molecule has 2 rings (SSSR count). The quantitative estimate of drug-likeness (QED) is 0.809. The summed E-state index contributed by atoms with van der Waals surface area (Å²) in [6.45, 7) is 1.80. The Morgan fingerprint density at radius 1 is 1.44 bits per heavy atom. The van der Waals surface area contributed by atoms with Crippen LogP contribution in [0.15, 0.2) is 30.5 Å². The number of nitrogens with zero attached hydrogens (tertiary/aromatic N) is 2. The summed E-state index contributed by atoms with van der Waals surface area (Å²) in [7, 11) is 0. The Hall–Kier alpha value is -1.75. The maximum absolute atomic E-state index is 13.5. The van der Waals surface area contributed by atoms with Gasteiger partial charge >= 0.3 is 0 Å². The van der Waals surface area contributed by atoms with Gasteiger partial charge in [0, 0.05) is 0 Å². The highest BCUT2D eigenvalue weighted by Gasteiger charge is 2.12. The Morgan fingerprint density at radius 2 is 2.12 bits per heavy atom. The van der Waals surface area contributed by atoms with Gasteiger partial charge in [-0.1, -0.05) is 24.4 Å². The van der Waals surface area contributed by atoms with Crippen molar-refractivity contribution in [2.75, 3.05) is 0 Å². The van der Waals surface area contributed by atoms with Crippen molar-refractivity contribution in [1.29, 1.82) is 0 Å². The Balaban J connectivity index is 2.58. The van der Waals surface area contributed by atoms with Crippen LogP contribution in [0.5, 0.6) is 0 Å². The average Bonchev–Trinajstić information content (AvgIpc) is 2.61. The standard InChI is InChI=1S/C11H10FN3S/c1-7-8(11(13)16)6-14-15(7)10-5-3-2-4-9(10)12/h2-6H,1H3,(H2,13,16). The van der Waals surface area contributed by atoms with Crippen LogP contribution in [0, 0.1) is 12.7 Å². The fourth-order valence-electron chi connectivity index (χ4n) is 1.52. The smallest absolute Gasteiger partial charge is 0.148 e. The molecule has 0 aliphatic carbocycles. The number of para-hydroxylation sites is 1. The van der Waals surface area contributed by atoms with Crippen LogP contribution in [0.1, 0.15) is 11.3 Å².